The summed E-state index contributed by atoms with van der Waals surface area (Å²) in [6, 6.07) is 18.9. The molecule has 0 spiro atoms. The predicted octanol–water partition coefficient (Wildman–Crippen LogP) is 5.86. The Labute approximate surface area is 221 Å². The predicted molar refractivity (Wildman–Crippen MR) is 145 cm³/mol. The Morgan fingerprint density at radius 2 is 1.83 bits per heavy atom. The first kappa shape index (κ1) is 26.0. The normalized spacial score (nSPS) is 14.8. The summed E-state index contributed by atoms with van der Waals surface area (Å²) in [5.41, 5.74) is 0.881. The SMILES string of the molecule is COc1cccc(CN(C(=O)COc2ccc3ccccc3c2Br)C(C)C(=O)NC2CCCCC2)c1. The van der Waals surface area contributed by atoms with Gasteiger partial charge >= 0.3 is 0 Å². The molecule has 7 heteroatoms. The van der Waals surface area contributed by atoms with Crippen LogP contribution in [0.25, 0.3) is 10.8 Å². The van der Waals surface area contributed by atoms with Gasteiger partial charge in [0.25, 0.3) is 5.91 Å². The molecular weight excluding hydrogens is 520 g/mol. The van der Waals surface area contributed by atoms with Crippen LogP contribution in [0.15, 0.2) is 65.1 Å². The van der Waals surface area contributed by atoms with E-state index in [1.165, 1.54) is 6.42 Å². The molecule has 1 unspecified atom stereocenters. The first-order valence-corrected chi connectivity index (χ1v) is 13.3. The van der Waals surface area contributed by atoms with Crippen LogP contribution in [0.5, 0.6) is 11.5 Å². The molecule has 0 aromatic heterocycles. The van der Waals surface area contributed by atoms with Crippen LogP contribution >= 0.6 is 15.9 Å². The molecule has 1 aliphatic rings. The summed E-state index contributed by atoms with van der Waals surface area (Å²) < 4.78 is 12.1. The number of carbonyl (C=O) groups excluding carboxylic acids is 2. The summed E-state index contributed by atoms with van der Waals surface area (Å²) in [6.07, 6.45) is 5.44. The number of rotatable bonds is 9. The number of hydrogen-bond donors (Lipinski definition) is 1. The van der Waals surface area contributed by atoms with Crippen LogP contribution in [0, 0.1) is 0 Å². The standard InChI is InChI=1S/C29H33BrN2O4/c1-20(29(34)31-23-11-4-3-5-12-23)32(18-21-9-8-13-24(17-21)35-2)27(33)19-36-26-16-15-22-10-6-7-14-25(22)28(26)30/h6-10,13-17,20,23H,3-5,11-12,18-19H2,1-2H3,(H,31,34). The number of carbonyl (C=O) groups is 2. The third-order valence-corrected chi connectivity index (χ3v) is 7.60. The summed E-state index contributed by atoms with van der Waals surface area (Å²) in [4.78, 5) is 28.2. The van der Waals surface area contributed by atoms with Gasteiger partial charge in [-0.25, -0.2) is 0 Å². The minimum Gasteiger partial charge on any atom is -0.497 e. The van der Waals surface area contributed by atoms with Crippen molar-refractivity contribution in [3.63, 3.8) is 0 Å². The van der Waals surface area contributed by atoms with Crippen molar-refractivity contribution in [3.8, 4) is 11.5 Å². The summed E-state index contributed by atoms with van der Waals surface area (Å²) in [5.74, 6) is 0.896. The first-order valence-electron chi connectivity index (χ1n) is 12.5. The van der Waals surface area contributed by atoms with Crippen molar-refractivity contribution in [3.05, 3.63) is 70.7 Å². The molecule has 2 amide bonds. The molecule has 0 aliphatic heterocycles. The van der Waals surface area contributed by atoms with Crippen LogP contribution in [0.1, 0.15) is 44.6 Å². The smallest absolute Gasteiger partial charge is 0.261 e. The lowest BCUT2D eigenvalue weighted by Gasteiger charge is -2.31. The molecule has 1 atom stereocenters. The Kier molecular flexibility index (Phi) is 8.86. The molecule has 36 heavy (non-hydrogen) atoms. The minimum absolute atomic E-state index is 0.134. The molecule has 3 aromatic carbocycles. The molecule has 0 bridgehead atoms. The second-order valence-electron chi connectivity index (χ2n) is 9.28. The molecule has 1 aliphatic carbocycles. The Hall–Kier alpha value is -3.06. The fraction of sp³-hybridized carbons (Fsp3) is 0.379. The maximum absolute atomic E-state index is 13.5. The molecule has 190 valence electrons. The van der Waals surface area contributed by atoms with Crippen molar-refractivity contribution in [1.29, 1.82) is 0 Å². The number of methoxy groups -OCH3 is 1. The van der Waals surface area contributed by atoms with Gasteiger partial charge in [-0.1, -0.05) is 61.7 Å². The highest BCUT2D eigenvalue weighted by Gasteiger charge is 2.28. The molecular formula is C29H33BrN2O4. The maximum Gasteiger partial charge on any atom is 0.261 e. The molecule has 1 fully saturated rings. The lowest BCUT2D eigenvalue weighted by molar-refractivity contribution is -0.142. The van der Waals surface area contributed by atoms with E-state index in [1.54, 1.807) is 18.9 Å². The van der Waals surface area contributed by atoms with E-state index in [9.17, 15) is 9.59 Å². The van der Waals surface area contributed by atoms with E-state index in [1.807, 2.05) is 60.7 Å². The monoisotopic (exact) mass is 552 g/mol. The van der Waals surface area contributed by atoms with E-state index in [0.717, 1.165) is 46.5 Å². The van der Waals surface area contributed by atoms with Gasteiger partial charge in [-0.3, -0.25) is 9.59 Å². The van der Waals surface area contributed by atoms with Gasteiger partial charge in [0.2, 0.25) is 5.91 Å². The van der Waals surface area contributed by atoms with Gasteiger partial charge in [0, 0.05) is 12.6 Å². The maximum atomic E-state index is 13.5. The van der Waals surface area contributed by atoms with E-state index in [-0.39, 0.29) is 31.0 Å². The zero-order valence-electron chi connectivity index (χ0n) is 20.8. The number of fused-ring (bicyclic) bond motifs is 1. The first-order chi connectivity index (χ1) is 17.5. The highest BCUT2D eigenvalue weighted by Crippen LogP contribution is 2.33. The average molecular weight is 553 g/mol. The number of hydrogen-bond acceptors (Lipinski definition) is 4. The van der Waals surface area contributed by atoms with Gasteiger partial charge in [0.05, 0.1) is 11.6 Å². The largest absolute Gasteiger partial charge is 0.497 e. The van der Waals surface area contributed by atoms with Crippen molar-refractivity contribution in [2.24, 2.45) is 0 Å². The van der Waals surface area contributed by atoms with E-state index in [4.69, 9.17) is 9.47 Å². The van der Waals surface area contributed by atoms with Crippen molar-refractivity contribution in [1.82, 2.24) is 10.2 Å². The molecule has 4 rings (SSSR count). The fourth-order valence-corrected chi connectivity index (χ4v) is 5.27. The summed E-state index contributed by atoms with van der Waals surface area (Å²) in [6.45, 7) is 1.88. The van der Waals surface area contributed by atoms with Crippen molar-refractivity contribution in [2.75, 3.05) is 13.7 Å². The third-order valence-electron chi connectivity index (χ3n) is 6.78. The highest BCUT2D eigenvalue weighted by atomic mass is 79.9. The van der Waals surface area contributed by atoms with E-state index >= 15 is 0 Å². The molecule has 0 radical (unpaired) electrons. The van der Waals surface area contributed by atoms with Crippen LogP contribution in [0.2, 0.25) is 0 Å². The Morgan fingerprint density at radius 1 is 1.06 bits per heavy atom. The summed E-state index contributed by atoms with van der Waals surface area (Å²) >= 11 is 3.62. The topological polar surface area (TPSA) is 67.9 Å². The Morgan fingerprint density at radius 3 is 2.61 bits per heavy atom. The van der Waals surface area contributed by atoms with Crippen molar-refractivity contribution >= 4 is 38.5 Å². The van der Waals surface area contributed by atoms with Crippen LogP contribution in [0.3, 0.4) is 0 Å². The van der Waals surface area contributed by atoms with E-state index in [0.29, 0.717) is 11.5 Å². The number of nitrogens with zero attached hydrogens (tertiary/aromatic N) is 1. The second-order valence-corrected chi connectivity index (χ2v) is 10.1. The molecule has 1 saturated carbocycles. The number of halogens is 1. The average Bonchev–Trinajstić information content (AvgIpc) is 2.91. The van der Waals surface area contributed by atoms with Crippen LogP contribution < -0.4 is 14.8 Å². The van der Waals surface area contributed by atoms with Gasteiger partial charge in [0.15, 0.2) is 6.61 Å². The van der Waals surface area contributed by atoms with E-state index < -0.39 is 6.04 Å². The lowest BCUT2D eigenvalue weighted by atomic mass is 9.95. The van der Waals surface area contributed by atoms with Crippen molar-refractivity contribution in [2.45, 2.75) is 57.7 Å². The number of benzene rings is 3. The summed E-state index contributed by atoms with van der Waals surface area (Å²) in [5, 5.41) is 5.25. The molecule has 0 saturated heterocycles. The number of amides is 2. The van der Waals surface area contributed by atoms with Gasteiger partial charge in [-0.05, 0) is 70.2 Å². The highest BCUT2D eigenvalue weighted by molar-refractivity contribution is 9.10. The van der Waals surface area contributed by atoms with Gasteiger partial charge in [0.1, 0.15) is 17.5 Å². The van der Waals surface area contributed by atoms with E-state index in [2.05, 4.69) is 21.2 Å². The van der Waals surface area contributed by atoms with Gasteiger partial charge in [-0.15, -0.1) is 0 Å². The molecule has 0 heterocycles. The molecule has 6 nitrogen and oxygen atoms in total. The quantitative estimate of drug-likeness (QED) is 0.361. The van der Waals surface area contributed by atoms with Crippen LogP contribution in [0.4, 0.5) is 0 Å². The Bertz CT molecular complexity index is 1210. The van der Waals surface area contributed by atoms with Gasteiger partial charge in [-0.2, -0.15) is 0 Å². The zero-order valence-corrected chi connectivity index (χ0v) is 22.4. The second kappa shape index (κ2) is 12.3. The van der Waals surface area contributed by atoms with Crippen molar-refractivity contribution < 1.29 is 19.1 Å². The van der Waals surface area contributed by atoms with Crippen LogP contribution in [-0.2, 0) is 16.1 Å². The number of ether oxygens (including phenoxy) is 2. The number of nitrogens with one attached hydrogen (secondary N) is 1. The Balaban J connectivity index is 1.50. The lowest BCUT2D eigenvalue weighted by Crippen LogP contribution is -2.51. The zero-order chi connectivity index (χ0) is 25.5. The third kappa shape index (κ3) is 6.38. The molecule has 1 N–H and O–H groups in total. The summed E-state index contributed by atoms with van der Waals surface area (Å²) in [7, 11) is 1.61. The van der Waals surface area contributed by atoms with Crippen LogP contribution in [-0.4, -0.2) is 42.5 Å². The van der Waals surface area contributed by atoms with Gasteiger partial charge < -0.3 is 19.7 Å². The minimum atomic E-state index is -0.644. The fourth-order valence-electron chi connectivity index (χ4n) is 4.67. The molecule has 3 aromatic rings.